The fraction of sp³-hybridized carbons (Fsp3) is 0.680. The minimum Gasteiger partial charge on any atom is -0.395 e. The van der Waals surface area contributed by atoms with Gasteiger partial charge in [0.2, 0.25) is 5.91 Å². The number of rotatable bonds is 8. The molecule has 3 amide bonds. The Bertz CT molecular complexity index is 816. The predicted octanol–water partition coefficient (Wildman–Crippen LogP) is 2.35. The van der Waals surface area contributed by atoms with Crippen LogP contribution in [0.3, 0.4) is 0 Å². The summed E-state index contributed by atoms with van der Waals surface area (Å²) in [6.45, 7) is 1.75. The number of aliphatic hydroxyl groups is 1. The SMILES string of the molecule is CN(CCO)C(=O)CN1C[C@]2(CC[C@@](c3ccccc3)(N(C)C)CC2)N(CC2CC2)C1=O. The molecule has 32 heavy (non-hydrogen) atoms. The molecule has 0 aromatic heterocycles. The fourth-order valence-electron chi connectivity index (χ4n) is 5.69. The van der Waals surface area contributed by atoms with Gasteiger partial charge in [0.25, 0.3) is 0 Å². The summed E-state index contributed by atoms with van der Waals surface area (Å²) in [4.78, 5) is 33.8. The Labute approximate surface area is 192 Å². The van der Waals surface area contributed by atoms with E-state index in [-0.39, 0.29) is 36.2 Å². The highest BCUT2D eigenvalue weighted by Gasteiger charge is 2.55. The molecule has 1 heterocycles. The van der Waals surface area contributed by atoms with Gasteiger partial charge in [-0.05, 0) is 64.1 Å². The van der Waals surface area contributed by atoms with Crippen LogP contribution in [-0.4, -0.2) is 96.1 Å². The number of benzene rings is 1. The van der Waals surface area contributed by atoms with Gasteiger partial charge in [0.1, 0.15) is 6.54 Å². The van der Waals surface area contributed by atoms with Gasteiger partial charge in [-0.1, -0.05) is 30.3 Å². The molecular weight excluding hydrogens is 404 g/mol. The van der Waals surface area contributed by atoms with Crippen LogP contribution in [0.1, 0.15) is 44.1 Å². The monoisotopic (exact) mass is 442 g/mol. The van der Waals surface area contributed by atoms with Crippen molar-refractivity contribution in [3.63, 3.8) is 0 Å². The number of likely N-dealkylation sites (N-methyl/N-ethyl adjacent to an activating group) is 1. The van der Waals surface area contributed by atoms with Crippen LogP contribution in [0.5, 0.6) is 0 Å². The van der Waals surface area contributed by atoms with E-state index in [0.717, 1.165) is 32.2 Å². The van der Waals surface area contributed by atoms with Crippen molar-refractivity contribution in [1.29, 1.82) is 0 Å². The van der Waals surface area contributed by atoms with E-state index in [1.165, 1.54) is 23.3 Å². The third-order valence-corrected chi connectivity index (χ3v) is 8.06. The minimum atomic E-state index is -0.191. The topological polar surface area (TPSA) is 67.3 Å². The normalized spacial score (nSPS) is 28.1. The van der Waals surface area contributed by atoms with Gasteiger partial charge in [0.15, 0.2) is 0 Å². The summed E-state index contributed by atoms with van der Waals surface area (Å²) in [5.74, 6) is 0.497. The fourth-order valence-corrected chi connectivity index (χ4v) is 5.69. The van der Waals surface area contributed by atoms with Gasteiger partial charge in [-0.2, -0.15) is 0 Å². The first-order chi connectivity index (χ1) is 15.3. The lowest BCUT2D eigenvalue weighted by Gasteiger charge is -2.51. The molecule has 3 aliphatic rings. The molecule has 7 heteroatoms. The maximum absolute atomic E-state index is 13.4. The van der Waals surface area contributed by atoms with E-state index in [1.54, 1.807) is 11.9 Å². The first kappa shape index (κ1) is 23.1. The molecule has 1 aliphatic heterocycles. The summed E-state index contributed by atoms with van der Waals surface area (Å²) in [7, 11) is 6.01. The highest BCUT2D eigenvalue weighted by Crippen LogP contribution is 2.49. The van der Waals surface area contributed by atoms with Gasteiger partial charge in [-0.3, -0.25) is 9.69 Å². The number of hydrogen-bond donors (Lipinski definition) is 1. The van der Waals surface area contributed by atoms with Crippen LogP contribution in [0.2, 0.25) is 0 Å². The molecule has 0 radical (unpaired) electrons. The quantitative estimate of drug-likeness (QED) is 0.671. The lowest BCUT2D eigenvalue weighted by Crippen LogP contribution is -2.55. The van der Waals surface area contributed by atoms with Gasteiger partial charge >= 0.3 is 6.03 Å². The van der Waals surface area contributed by atoms with Crippen LogP contribution in [0, 0.1) is 5.92 Å². The summed E-state index contributed by atoms with van der Waals surface area (Å²) in [6, 6.07) is 10.7. The molecule has 0 atom stereocenters. The average molecular weight is 443 g/mol. The molecule has 0 bridgehead atoms. The summed E-state index contributed by atoms with van der Waals surface area (Å²) < 4.78 is 0. The summed E-state index contributed by atoms with van der Waals surface area (Å²) >= 11 is 0. The van der Waals surface area contributed by atoms with Gasteiger partial charge in [-0.25, -0.2) is 4.79 Å². The van der Waals surface area contributed by atoms with Gasteiger partial charge in [-0.15, -0.1) is 0 Å². The maximum Gasteiger partial charge on any atom is 0.321 e. The third-order valence-electron chi connectivity index (χ3n) is 8.06. The third kappa shape index (κ3) is 4.25. The Morgan fingerprint density at radius 2 is 1.75 bits per heavy atom. The molecular formula is C25H38N4O3. The lowest BCUT2D eigenvalue weighted by molar-refractivity contribution is -0.130. The summed E-state index contributed by atoms with van der Waals surface area (Å²) in [5.41, 5.74) is 1.13. The highest BCUT2D eigenvalue weighted by atomic mass is 16.3. The van der Waals surface area contributed by atoms with Crippen LogP contribution in [-0.2, 0) is 10.3 Å². The Hall–Kier alpha value is -2.12. The molecule has 2 saturated carbocycles. The average Bonchev–Trinajstić information content (AvgIpc) is 3.58. The second kappa shape index (κ2) is 9.02. The Morgan fingerprint density at radius 3 is 2.31 bits per heavy atom. The largest absolute Gasteiger partial charge is 0.395 e. The van der Waals surface area contributed by atoms with E-state index >= 15 is 0 Å². The smallest absolute Gasteiger partial charge is 0.321 e. The van der Waals surface area contributed by atoms with Crippen molar-refractivity contribution in [2.24, 2.45) is 5.92 Å². The maximum atomic E-state index is 13.4. The second-order valence-corrected chi connectivity index (χ2v) is 10.2. The minimum absolute atomic E-state index is 0.0136. The first-order valence-electron chi connectivity index (χ1n) is 12.0. The molecule has 3 fully saturated rings. The predicted molar refractivity (Wildman–Crippen MR) is 124 cm³/mol. The van der Waals surface area contributed by atoms with Crippen molar-refractivity contribution < 1.29 is 14.7 Å². The summed E-state index contributed by atoms with van der Waals surface area (Å²) in [5, 5.41) is 9.15. The standard InChI is InChI=1S/C25H38N4O3/c1-26(2)25(21-7-5-4-6-8-21)13-11-24(12-14-25)19-28(18-22(31)27(3)15-16-30)23(32)29(24)17-20-9-10-20/h4-8,20,30H,9-19H2,1-3H3/t24-,25-. The molecule has 176 valence electrons. The molecule has 1 saturated heterocycles. The van der Waals surface area contributed by atoms with Crippen molar-refractivity contribution in [2.45, 2.75) is 49.6 Å². The van der Waals surface area contributed by atoms with Crippen molar-refractivity contribution in [3.05, 3.63) is 35.9 Å². The molecule has 2 aliphatic carbocycles. The number of aliphatic hydroxyl groups excluding tert-OH is 1. The number of carbonyl (C=O) groups is 2. The van der Waals surface area contributed by atoms with Gasteiger partial charge in [0.05, 0.1) is 12.1 Å². The molecule has 7 nitrogen and oxygen atoms in total. The van der Waals surface area contributed by atoms with Crippen molar-refractivity contribution in [2.75, 3.05) is 53.9 Å². The van der Waals surface area contributed by atoms with Gasteiger partial charge in [0, 0.05) is 32.2 Å². The molecule has 1 N–H and O–H groups in total. The van der Waals surface area contributed by atoms with Crippen LogP contribution in [0.25, 0.3) is 0 Å². The van der Waals surface area contributed by atoms with E-state index in [4.69, 9.17) is 5.11 Å². The van der Waals surface area contributed by atoms with Crippen LogP contribution in [0.15, 0.2) is 30.3 Å². The van der Waals surface area contributed by atoms with Crippen LogP contribution < -0.4 is 0 Å². The van der Waals surface area contributed by atoms with Crippen molar-refractivity contribution in [1.82, 2.24) is 19.6 Å². The molecule has 1 spiro atoms. The van der Waals surface area contributed by atoms with E-state index in [9.17, 15) is 9.59 Å². The van der Waals surface area contributed by atoms with Crippen LogP contribution in [0.4, 0.5) is 4.79 Å². The van der Waals surface area contributed by atoms with E-state index in [1.807, 2.05) is 0 Å². The highest BCUT2D eigenvalue weighted by molar-refractivity contribution is 5.86. The Balaban J connectivity index is 1.54. The zero-order valence-corrected chi connectivity index (χ0v) is 19.8. The van der Waals surface area contributed by atoms with E-state index < -0.39 is 0 Å². The Kier molecular flexibility index (Phi) is 6.50. The van der Waals surface area contributed by atoms with Crippen molar-refractivity contribution >= 4 is 11.9 Å². The first-order valence-corrected chi connectivity index (χ1v) is 12.0. The number of nitrogens with zero attached hydrogens (tertiary/aromatic N) is 4. The van der Waals surface area contributed by atoms with Crippen LogP contribution >= 0.6 is 0 Å². The zero-order chi connectivity index (χ0) is 22.9. The zero-order valence-electron chi connectivity index (χ0n) is 19.8. The number of carbonyl (C=O) groups excluding carboxylic acids is 2. The molecule has 4 rings (SSSR count). The van der Waals surface area contributed by atoms with E-state index in [0.29, 0.717) is 19.0 Å². The number of amides is 3. The summed E-state index contributed by atoms with van der Waals surface area (Å²) in [6.07, 6.45) is 6.26. The molecule has 1 aromatic rings. The number of urea groups is 1. The Morgan fingerprint density at radius 1 is 1.09 bits per heavy atom. The van der Waals surface area contributed by atoms with E-state index in [2.05, 4.69) is 54.2 Å². The van der Waals surface area contributed by atoms with Crippen molar-refractivity contribution in [3.8, 4) is 0 Å². The lowest BCUT2D eigenvalue weighted by atomic mass is 9.68. The second-order valence-electron chi connectivity index (χ2n) is 10.2. The molecule has 0 unspecified atom stereocenters. The molecule has 1 aromatic carbocycles. The number of hydrogen-bond acceptors (Lipinski definition) is 4. The van der Waals surface area contributed by atoms with Gasteiger partial charge < -0.3 is 19.8 Å².